The minimum Gasteiger partial charge on any atom is -0.372 e. The zero-order valence-corrected chi connectivity index (χ0v) is 16.3. The van der Waals surface area contributed by atoms with Crippen molar-refractivity contribution in [1.82, 2.24) is 20.2 Å². The van der Waals surface area contributed by atoms with Crippen LogP contribution in [-0.4, -0.2) is 45.5 Å². The molecular formula is C21H21N7O. The van der Waals surface area contributed by atoms with Gasteiger partial charge in [-0.3, -0.25) is 0 Å². The number of hydrogen-bond acceptors (Lipinski definition) is 7. The van der Waals surface area contributed by atoms with Gasteiger partial charge in [0.2, 0.25) is 5.95 Å². The predicted molar refractivity (Wildman–Crippen MR) is 111 cm³/mol. The van der Waals surface area contributed by atoms with Crippen molar-refractivity contribution < 1.29 is 4.74 Å². The molecular weight excluding hydrogens is 366 g/mol. The van der Waals surface area contributed by atoms with E-state index in [-0.39, 0.29) is 12.2 Å². The molecule has 0 amide bonds. The smallest absolute Gasteiger partial charge is 0.227 e. The molecule has 3 heterocycles. The molecule has 2 aromatic heterocycles. The fourth-order valence-corrected chi connectivity index (χ4v) is 3.36. The maximum absolute atomic E-state index is 7.06. The van der Waals surface area contributed by atoms with Crippen LogP contribution in [0.1, 0.15) is 13.8 Å². The summed E-state index contributed by atoms with van der Waals surface area (Å²) in [7, 11) is 0. The van der Waals surface area contributed by atoms with Gasteiger partial charge in [0.15, 0.2) is 11.5 Å². The maximum atomic E-state index is 7.06. The Kier molecular flexibility index (Phi) is 5.31. The van der Waals surface area contributed by atoms with E-state index in [9.17, 15) is 0 Å². The first-order valence-electron chi connectivity index (χ1n) is 9.42. The Balaban J connectivity index is 1.53. The molecule has 2 atom stereocenters. The maximum Gasteiger partial charge on any atom is 0.227 e. The molecule has 1 aliphatic heterocycles. The van der Waals surface area contributed by atoms with Crippen LogP contribution in [0, 0.1) is 6.57 Å². The highest BCUT2D eigenvalue weighted by Gasteiger charge is 2.24. The second kappa shape index (κ2) is 8.20. The molecule has 1 aliphatic rings. The fraction of sp³-hybridized carbons (Fsp3) is 0.286. The van der Waals surface area contributed by atoms with Crippen molar-refractivity contribution in [2.24, 2.45) is 0 Å². The highest BCUT2D eigenvalue weighted by Crippen LogP contribution is 2.25. The largest absolute Gasteiger partial charge is 0.372 e. The number of nitrogens with one attached hydrogen (secondary N) is 1. The van der Waals surface area contributed by atoms with E-state index in [1.807, 2.05) is 18.2 Å². The summed E-state index contributed by atoms with van der Waals surface area (Å²) in [5, 5.41) is 11.5. The number of ether oxygens (including phenoxy) is 1. The molecule has 0 aliphatic carbocycles. The summed E-state index contributed by atoms with van der Waals surface area (Å²) in [5.41, 5.74) is 2.48. The number of morpholine rings is 1. The Morgan fingerprint density at radius 2 is 1.83 bits per heavy atom. The number of anilines is 3. The molecule has 4 rings (SSSR count). The van der Waals surface area contributed by atoms with Gasteiger partial charge in [0.25, 0.3) is 0 Å². The lowest BCUT2D eigenvalue weighted by molar-refractivity contribution is -0.00571. The molecule has 1 aromatic carbocycles. The predicted octanol–water partition coefficient (Wildman–Crippen LogP) is 3.84. The van der Waals surface area contributed by atoms with Crippen LogP contribution in [0.2, 0.25) is 0 Å². The second-order valence-electron chi connectivity index (χ2n) is 7.02. The Bertz CT molecular complexity index is 1020. The molecule has 1 fully saturated rings. The average Bonchev–Trinajstić information content (AvgIpc) is 2.73. The zero-order chi connectivity index (χ0) is 20.2. The van der Waals surface area contributed by atoms with Crippen LogP contribution in [0.4, 0.5) is 23.3 Å². The first-order valence-corrected chi connectivity index (χ1v) is 9.42. The number of rotatable bonds is 4. The van der Waals surface area contributed by atoms with Gasteiger partial charge in [-0.15, -0.1) is 5.10 Å². The van der Waals surface area contributed by atoms with Crippen LogP contribution in [0.15, 0.2) is 48.8 Å². The van der Waals surface area contributed by atoms with Crippen molar-refractivity contribution in [2.45, 2.75) is 26.1 Å². The molecule has 0 bridgehead atoms. The van der Waals surface area contributed by atoms with Crippen molar-refractivity contribution in [2.75, 3.05) is 23.3 Å². The van der Waals surface area contributed by atoms with Gasteiger partial charge in [0, 0.05) is 24.8 Å². The van der Waals surface area contributed by atoms with Gasteiger partial charge in [-0.25, -0.2) is 9.83 Å². The fourth-order valence-electron chi connectivity index (χ4n) is 3.36. The summed E-state index contributed by atoms with van der Waals surface area (Å²) < 4.78 is 5.79. The highest BCUT2D eigenvalue weighted by atomic mass is 16.5. The second-order valence-corrected chi connectivity index (χ2v) is 7.02. The molecule has 29 heavy (non-hydrogen) atoms. The molecule has 1 saturated heterocycles. The quantitative estimate of drug-likeness (QED) is 0.681. The third-order valence-corrected chi connectivity index (χ3v) is 4.59. The number of hydrogen-bond donors (Lipinski definition) is 1. The summed E-state index contributed by atoms with van der Waals surface area (Å²) >= 11 is 0. The van der Waals surface area contributed by atoms with Crippen LogP contribution >= 0.6 is 0 Å². The summed E-state index contributed by atoms with van der Waals surface area (Å²) in [5.74, 6) is 1.90. The summed E-state index contributed by atoms with van der Waals surface area (Å²) in [4.78, 5) is 14.6. The van der Waals surface area contributed by atoms with E-state index in [2.05, 4.69) is 49.1 Å². The van der Waals surface area contributed by atoms with Crippen molar-refractivity contribution in [3.8, 4) is 11.1 Å². The monoisotopic (exact) mass is 387 g/mol. The minimum atomic E-state index is 0.135. The van der Waals surface area contributed by atoms with Crippen LogP contribution in [0.25, 0.3) is 16.0 Å². The lowest BCUT2D eigenvalue weighted by atomic mass is 10.1. The lowest BCUT2D eigenvalue weighted by Gasteiger charge is -2.35. The lowest BCUT2D eigenvalue weighted by Crippen LogP contribution is -2.46. The Hall–Kier alpha value is -3.57. The normalized spacial score (nSPS) is 18.9. The summed E-state index contributed by atoms with van der Waals surface area (Å²) in [6.07, 6.45) is 3.70. The molecule has 0 saturated carbocycles. The minimum absolute atomic E-state index is 0.135. The molecule has 8 nitrogen and oxygen atoms in total. The molecule has 3 aromatic rings. The third-order valence-electron chi connectivity index (χ3n) is 4.59. The summed E-state index contributed by atoms with van der Waals surface area (Å²) in [6.45, 7) is 12.7. The van der Waals surface area contributed by atoms with Gasteiger partial charge in [0.05, 0.1) is 25.0 Å². The van der Waals surface area contributed by atoms with E-state index >= 15 is 0 Å². The Morgan fingerprint density at radius 1 is 1.07 bits per heavy atom. The number of aromatic nitrogens is 4. The van der Waals surface area contributed by atoms with E-state index in [1.165, 1.54) is 0 Å². The molecule has 8 heteroatoms. The number of nitrogens with zero attached hydrogens (tertiary/aromatic N) is 6. The van der Waals surface area contributed by atoms with Gasteiger partial charge in [0.1, 0.15) is 5.82 Å². The van der Waals surface area contributed by atoms with Crippen LogP contribution < -0.4 is 10.2 Å². The van der Waals surface area contributed by atoms with Crippen LogP contribution in [-0.2, 0) is 4.74 Å². The zero-order valence-electron chi connectivity index (χ0n) is 16.3. The SMILES string of the molecule is [C-]#[N+]c1ccc(-c2cnnc(Nc3ccnc(N4C[C@@H](C)O[C@@H](C)C4)n3)c2)cc1. The van der Waals surface area contributed by atoms with Crippen molar-refractivity contribution >= 4 is 23.3 Å². The molecule has 0 spiro atoms. The first-order chi connectivity index (χ1) is 14.1. The van der Waals surface area contributed by atoms with Gasteiger partial charge in [-0.1, -0.05) is 24.3 Å². The molecule has 0 radical (unpaired) electrons. The standard InChI is InChI=1S/C21H21N7O/c1-14-12-28(13-15(2)29-14)21-23-9-8-19(26-21)25-20-10-17(11-24-27-20)16-4-6-18(22-3)7-5-16/h4-11,14-15H,12-13H2,1-2H3,(H,23,25,26,27)/t14-,15+. The van der Waals surface area contributed by atoms with Gasteiger partial charge < -0.3 is 15.0 Å². The molecule has 146 valence electrons. The Labute approximate surface area is 169 Å². The number of benzene rings is 1. The van der Waals surface area contributed by atoms with Crippen molar-refractivity contribution in [3.63, 3.8) is 0 Å². The van der Waals surface area contributed by atoms with E-state index in [4.69, 9.17) is 11.3 Å². The van der Waals surface area contributed by atoms with E-state index < -0.39 is 0 Å². The average molecular weight is 387 g/mol. The van der Waals surface area contributed by atoms with Crippen LogP contribution in [0.3, 0.4) is 0 Å². The summed E-state index contributed by atoms with van der Waals surface area (Å²) in [6, 6.07) is 11.1. The highest BCUT2D eigenvalue weighted by molar-refractivity contribution is 5.68. The van der Waals surface area contributed by atoms with E-state index in [0.717, 1.165) is 24.2 Å². The topological polar surface area (TPSA) is 80.4 Å². The molecule has 1 N–H and O–H groups in total. The van der Waals surface area contributed by atoms with Gasteiger partial charge in [-0.2, -0.15) is 10.1 Å². The van der Waals surface area contributed by atoms with E-state index in [0.29, 0.717) is 23.3 Å². The third kappa shape index (κ3) is 4.47. The van der Waals surface area contributed by atoms with Gasteiger partial charge >= 0.3 is 0 Å². The van der Waals surface area contributed by atoms with E-state index in [1.54, 1.807) is 30.6 Å². The van der Waals surface area contributed by atoms with Gasteiger partial charge in [-0.05, 0) is 31.5 Å². The van der Waals surface area contributed by atoms with Crippen molar-refractivity contribution in [1.29, 1.82) is 0 Å². The first kappa shape index (κ1) is 18.8. The van der Waals surface area contributed by atoms with Crippen LogP contribution in [0.5, 0.6) is 0 Å². The molecule has 0 unspecified atom stereocenters. The van der Waals surface area contributed by atoms with Crippen molar-refractivity contribution in [3.05, 3.63) is 60.2 Å². The Morgan fingerprint density at radius 3 is 2.55 bits per heavy atom.